The molecule has 1 atom stereocenters. The van der Waals surface area contributed by atoms with Crippen LogP contribution in [0.3, 0.4) is 0 Å². The summed E-state index contributed by atoms with van der Waals surface area (Å²) in [7, 11) is 0. The molecule has 0 aliphatic heterocycles. The number of aliphatic hydroxyl groups excluding tert-OH is 2. The molecule has 2 aromatic carbocycles. The molecule has 0 fully saturated rings. The van der Waals surface area contributed by atoms with Gasteiger partial charge in [0, 0.05) is 17.8 Å². The van der Waals surface area contributed by atoms with Gasteiger partial charge in [-0.3, -0.25) is 0 Å². The van der Waals surface area contributed by atoms with Crippen molar-refractivity contribution in [3.05, 3.63) is 48.0 Å². The van der Waals surface area contributed by atoms with Crippen LogP contribution in [0.25, 0.3) is 22.4 Å². The molecular weight excluding hydrogens is 302 g/mol. The summed E-state index contributed by atoms with van der Waals surface area (Å²) in [5.74, 6) is 1.33. The Bertz CT molecular complexity index is 809. The minimum absolute atomic E-state index is 0.248. The van der Waals surface area contributed by atoms with E-state index in [1.165, 1.54) is 5.56 Å². The summed E-state index contributed by atoms with van der Waals surface area (Å²) < 4.78 is 0. The smallest absolute Gasteiger partial charge is 0.138 e. The van der Waals surface area contributed by atoms with E-state index in [1.54, 1.807) is 0 Å². The Morgan fingerprint density at radius 2 is 1.88 bits per heavy atom. The number of rotatable bonds is 6. The molecule has 0 spiro atoms. The van der Waals surface area contributed by atoms with E-state index in [-0.39, 0.29) is 6.61 Å². The Morgan fingerprint density at radius 1 is 1.12 bits per heavy atom. The van der Waals surface area contributed by atoms with Gasteiger partial charge in [0.25, 0.3) is 0 Å². The highest BCUT2D eigenvalue weighted by atomic mass is 16.3. The maximum Gasteiger partial charge on any atom is 0.138 e. The molecule has 1 aromatic heterocycles. The molecule has 1 unspecified atom stereocenters. The first-order valence-corrected chi connectivity index (χ1v) is 8.19. The van der Waals surface area contributed by atoms with Gasteiger partial charge >= 0.3 is 0 Å². The lowest BCUT2D eigenvalue weighted by atomic mass is 10.0. The molecule has 4 N–H and O–H groups in total. The number of hydrogen-bond donors (Lipinski definition) is 4. The molecule has 3 rings (SSSR count). The topological polar surface area (TPSA) is 81.2 Å². The summed E-state index contributed by atoms with van der Waals surface area (Å²) in [4.78, 5) is 8.03. The molecule has 0 aliphatic rings. The Kier molecular flexibility index (Phi) is 4.83. The average molecular weight is 325 g/mol. The maximum absolute atomic E-state index is 9.37. The predicted octanol–water partition coefficient (Wildman–Crippen LogP) is 3.12. The monoisotopic (exact) mass is 325 g/mol. The summed E-state index contributed by atoms with van der Waals surface area (Å²) >= 11 is 0. The van der Waals surface area contributed by atoms with Crippen molar-refractivity contribution in [2.75, 3.05) is 18.5 Å². The number of fused-ring (bicyclic) bond motifs is 1. The second-order valence-corrected chi connectivity index (χ2v) is 6.31. The van der Waals surface area contributed by atoms with Crippen LogP contribution in [0.2, 0.25) is 0 Å². The Labute approximate surface area is 141 Å². The van der Waals surface area contributed by atoms with E-state index >= 15 is 0 Å². The van der Waals surface area contributed by atoms with Gasteiger partial charge < -0.3 is 20.5 Å². The first kappa shape index (κ1) is 16.5. The summed E-state index contributed by atoms with van der Waals surface area (Å²) in [6.07, 6.45) is -0.754. The Morgan fingerprint density at radius 3 is 2.54 bits per heavy atom. The van der Waals surface area contributed by atoms with Gasteiger partial charge in [-0.2, -0.15) is 0 Å². The number of aromatic nitrogens is 2. The van der Waals surface area contributed by atoms with Crippen LogP contribution in [-0.2, 0) is 0 Å². The number of aliphatic hydroxyl groups is 2. The molecule has 0 aliphatic carbocycles. The second kappa shape index (κ2) is 7.03. The van der Waals surface area contributed by atoms with Crippen molar-refractivity contribution < 1.29 is 10.2 Å². The first-order chi connectivity index (χ1) is 11.6. The summed E-state index contributed by atoms with van der Waals surface area (Å²) in [6.45, 7) is 4.43. The van der Waals surface area contributed by atoms with Gasteiger partial charge in [-0.05, 0) is 47.9 Å². The van der Waals surface area contributed by atoms with E-state index in [0.717, 1.165) is 28.1 Å². The minimum Gasteiger partial charge on any atom is -0.394 e. The van der Waals surface area contributed by atoms with Crippen LogP contribution in [0.1, 0.15) is 25.3 Å². The Balaban J connectivity index is 1.80. The van der Waals surface area contributed by atoms with Crippen molar-refractivity contribution in [1.29, 1.82) is 0 Å². The van der Waals surface area contributed by atoms with Gasteiger partial charge in [0.1, 0.15) is 5.82 Å². The fraction of sp³-hybridized carbons (Fsp3) is 0.316. The lowest BCUT2D eigenvalue weighted by Gasteiger charge is -2.10. The second-order valence-electron chi connectivity index (χ2n) is 6.31. The van der Waals surface area contributed by atoms with Crippen molar-refractivity contribution >= 4 is 16.7 Å². The highest BCUT2D eigenvalue weighted by molar-refractivity contribution is 5.80. The zero-order chi connectivity index (χ0) is 17.1. The van der Waals surface area contributed by atoms with Crippen LogP contribution in [0, 0.1) is 0 Å². The molecule has 0 radical (unpaired) electrons. The number of nitrogens with zero attached hydrogens (tertiary/aromatic N) is 1. The average Bonchev–Trinajstić information content (AvgIpc) is 3.03. The van der Waals surface area contributed by atoms with E-state index in [1.807, 2.05) is 24.3 Å². The van der Waals surface area contributed by atoms with Crippen LogP contribution >= 0.6 is 0 Å². The molecule has 3 aromatic rings. The summed E-state index contributed by atoms with van der Waals surface area (Å²) in [5.41, 5.74) is 5.20. The number of imidazole rings is 1. The summed E-state index contributed by atoms with van der Waals surface area (Å²) in [5, 5.41) is 21.3. The van der Waals surface area contributed by atoms with Gasteiger partial charge in [-0.1, -0.05) is 19.9 Å². The molecule has 5 heteroatoms. The van der Waals surface area contributed by atoms with Gasteiger partial charge in [0.2, 0.25) is 0 Å². The quantitative estimate of drug-likeness (QED) is 0.561. The lowest BCUT2D eigenvalue weighted by molar-refractivity contribution is 0.105. The van der Waals surface area contributed by atoms with Crippen LogP contribution in [0.5, 0.6) is 0 Å². The van der Waals surface area contributed by atoms with E-state index < -0.39 is 6.10 Å². The molecule has 126 valence electrons. The predicted molar refractivity (Wildman–Crippen MR) is 97.2 cm³/mol. The van der Waals surface area contributed by atoms with Gasteiger partial charge in [-0.15, -0.1) is 0 Å². The van der Waals surface area contributed by atoms with Gasteiger partial charge in [0.05, 0.1) is 23.7 Å². The SMILES string of the molecule is CC(C)c1ccc2nc(-c3ccc(NCC(O)CO)cc3)[nH]c2c1. The standard InChI is InChI=1S/C19H23N3O2/c1-12(2)14-5-8-17-18(9-14)22-19(21-17)13-3-6-15(7-4-13)20-10-16(24)11-23/h3-9,12,16,20,23-24H,10-11H2,1-2H3,(H,21,22). The normalized spacial score (nSPS) is 12.7. The van der Waals surface area contributed by atoms with Gasteiger partial charge in [-0.25, -0.2) is 4.98 Å². The third-order valence-corrected chi connectivity index (χ3v) is 4.08. The van der Waals surface area contributed by atoms with Crippen molar-refractivity contribution in [2.24, 2.45) is 0 Å². The number of aromatic amines is 1. The lowest BCUT2D eigenvalue weighted by Crippen LogP contribution is -2.22. The fourth-order valence-electron chi connectivity index (χ4n) is 2.57. The highest BCUT2D eigenvalue weighted by Gasteiger charge is 2.08. The number of benzene rings is 2. The van der Waals surface area contributed by atoms with Crippen molar-refractivity contribution in [3.63, 3.8) is 0 Å². The molecule has 5 nitrogen and oxygen atoms in total. The van der Waals surface area contributed by atoms with E-state index in [9.17, 15) is 5.11 Å². The van der Waals surface area contributed by atoms with Crippen molar-refractivity contribution in [2.45, 2.75) is 25.9 Å². The van der Waals surface area contributed by atoms with E-state index in [0.29, 0.717) is 12.5 Å². The molecular formula is C19H23N3O2. The third-order valence-electron chi connectivity index (χ3n) is 4.08. The molecule has 0 bridgehead atoms. The molecule has 0 saturated carbocycles. The zero-order valence-electron chi connectivity index (χ0n) is 14.0. The Hall–Kier alpha value is -2.37. The number of anilines is 1. The van der Waals surface area contributed by atoms with E-state index in [4.69, 9.17) is 5.11 Å². The third kappa shape index (κ3) is 3.58. The molecule has 0 amide bonds. The fourth-order valence-corrected chi connectivity index (χ4v) is 2.57. The highest BCUT2D eigenvalue weighted by Crippen LogP contribution is 2.24. The first-order valence-electron chi connectivity index (χ1n) is 8.19. The van der Waals surface area contributed by atoms with Gasteiger partial charge in [0.15, 0.2) is 0 Å². The molecule has 24 heavy (non-hydrogen) atoms. The van der Waals surface area contributed by atoms with Crippen LogP contribution < -0.4 is 5.32 Å². The van der Waals surface area contributed by atoms with Crippen molar-refractivity contribution in [1.82, 2.24) is 9.97 Å². The van der Waals surface area contributed by atoms with E-state index in [2.05, 4.69) is 47.3 Å². The number of hydrogen-bond acceptors (Lipinski definition) is 4. The number of H-pyrrole nitrogens is 1. The van der Waals surface area contributed by atoms with Crippen LogP contribution in [-0.4, -0.2) is 39.4 Å². The molecule has 0 saturated heterocycles. The number of nitrogens with one attached hydrogen (secondary N) is 2. The van der Waals surface area contributed by atoms with Crippen molar-refractivity contribution in [3.8, 4) is 11.4 Å². The summed E-state index contributed by atoms with van der Waals surface area (Å²) in [6, 6.07) is 14.2. The molecule has 1 heterocycles. The minimum atomic E-state index is -0.754. The zero-order valence-corrected chi connectivity index (χ0v) is 14.0. The van der Waals surface area contributed by atoms with Crippen LogP contribution in [0.15, 0.2) is 42.5 Å². The largest absolute Gasteiger partial charge is 0.394 e. The maximum atomic E-state index is 9.37. The van der Waals surface area contributed by atoms with Crippen LogP contribution in [0.4, 0.5) is 5.69 Å².